The van der Waals surface area contributed by atoms with E-state index in [2.05, 4.69) is 61.2 Å². The molecule has 0 saturated heterocycles. The van der Waals surface area contributed by atoms with Gasteiger partial charge in [-0.3, -0.25) is 0 Å². The van der Waals surface area contributed by atoms with Gasteiger partial charge in [-0.2, -0.15) is 26.3 Å². The van der Waals surface area contributed by atoms with Crippen LogP contribution in [-0.4, -0.2) is 50.9 Å². The first-order chi connectivity index (χ1) is 33.8. The summed E-state index contributed by atoms with van der Waals surface area (Å²) in [6.07, 6.45) is -9.21. The van der Waals surface area contributed by atoms with Crippen molar-refractivity contribution in [3.8, 4) is 10.4 Å². The molecule has 4 heterocycles. The molecule has 4 aromatic heterocycles. The fraction of sp³-hybridized carbons (Fsp3) is 0.208. The molecule has 8 rings (SSSR count). The molecule has 380 valence electrons. The highest BCUT2D eigenvalue weighted by Gasteiger charge is 2.52. The summed E-state index contributed by atoms with van der Waals surface area (Å²) in [4.78, 5) is 42.4. The number of rotatable bonds is 10. The number of halogens is 7. The van der Waals surface area contributed by atoms with Crippen molar-refractivity contribution in [1.82, 2.24) is 9.97 Å². The fourth-order valence-corrected chi connectivity index (χ4v) is 8.74. The number of aromatic nitrogens is 2. The van der Waals surface area contributed by atoms with Gasteiger partial charge in [-0.25, -0.2) is 29.5 Å². The van der Waals surface area contributed by atoms with E-state index in [0.717, 1.165) is 78.6 Å². The summed E-state index contributed by atoms with van der Waals surface area (Å²) in [6.45, 7) is 7.38. The smallest absolute Gasteiger partial charge is 0.427 e. The molecule has 20 heteroatoms. The lowest BCUT2D eigenvalue weighted by Gasteiger charge is -2.26. The Hall–Kier alpha value is -6.33. The fourth-order valence-electron chi connectivity index (χ4n) is 6.43. The Labute approximate surface area is 439 Å². The molecule has 0 atom stereocenters. The minimum absolute atomic E-state index is 0. The monoisotopic (exact) mass is 1150 g/mol. The van der Waals surface area contributed by atoms with E-state index in [0.29, 0.717) is 27.0 Å². The molecule has 0 aliphatic rings. The van der Waals surface area contributed by atoms with Crippen molar-refractivity contribution in [2.45, 2.75) is 72.2 Å². The third-order valence-electron chi connectivity index (χ3n) is 10.9. The molecule has 0 aliphatic carbocycles. The van der Waals surface area contributed by atoms with Crippen LogP contribution in [0.3, 0.4) is 0 Å². The average Bonchev–Trinajstić information content (AvgIpc) is 3.88. The maximum absolute atomic E-state index is 13.5. The maximum atomic E-state index is 13.5. The Kier molecular flexibility index (Phi) is 19.0. The normalized spacial score (nSPS) is 11.5. The minimum Gasteiger partial charge on any atom is -0.427 e. The van der Waals surface area contributed by atoms with Crippen LogP contribution in [0.1, 0.15) is 80.3 Å². The molecule has 0 spiro atoms. The minimum atomic E-state index is -4.62. The lowest BCUT2D eigenvalue weighted by atomic mass is 9.78. The van der Waals surface area contributed by atoms with Crippen LogP contribution in [0.2, 0.25) is 0 Å². The van der Waals surface area contributed by atoms with Crippen LogP contribution < -0.4 is 16.7 Å². The number of aliphatic imine (C=N–C) groups is 2. The van der Waals surface area contributed by atoms with E-state index in [4.69, 9.17) is 24.5 Å². The first-order valence-corrected chi connectivity index (χ1v) is 24.4. The molecular formula is C53H48BF6IN4O6S2. The van der Waals surface area contributed by atoms with Gasteiger partial charge in [0.1, 0.15) is 22.4 Å². The number of benzene rings is 4. The molecule has 73 heavy (non-hydrogen) atoms. The number of aryl methyl sites for hydroxylation is 2. The standard InChI is InChI=1S/C26H21F3N2O2S.C17H13IN2S.C9H10BF3O4.CH4/c1-16-23(19-14-20(33-21(32)15-19)25(2,3)26(27,28)29)34-24(30-16)31-22(17-10-6-4-7-11-17)18-12-8-5-9-13-18;1-12-16(18)21-17(19-12)20-15(13-8-4-2-5-9-13)14-10-6-3-7-11-14;1-8(2,9(11,12)13)6-3-5(10(15)16)4-7(14)17-6;/h4-15H,1-3H3;2-11H,1H3;3-4,15-16H,1-2H3;1H4. The van der Waals surface area contributed by atoms with Gasteiger partial charge in [-0.15, -0.1) is 0 Å². The molecule has 0 bridgehead atoms. The van der Waals surface area contributed by atoms with Crippen LogP contribution in [0.5, 0.6) is 0 Å². The zero-order valence-corrected chi connectivity index (χ0v) is 43.0. The van der Waals surface area contributed by atoms with Crippen molar-refractivity contribution in [3.63, 3.8) is 0 Å². The Morgan fingerprint density at radius 2 is 0.918 bits per heavy atom. The van der Waals surface area contributed by atoms with Gasteiger partial charge in [0.15, 0.2) is 0 Å². The predicted molar refractivity (Wildman–Crippen MR) is 286 cm³/mol. The second kappa shape index (κ2) is 24.1. The van der Waals surface area contributed by atoms with Crippen molar-refractivity contribution in [1.29, 1.82) is 0 Å². The van der Waals surface area contributed by atoms with E-state index >= 15 is 0 Å². The molecule has 0 aliphatic heterocycles. The molecule has 0 fully saturated rings. The van der Waals surface area contributed by atoms with Gasteiger partial charge in [0, 0.05) is 39.9 Å². The molecule has 0 radical (unpaired) electrons. The van der Waals surface area contributed by atoms with Crippen molar-refractivity contribution in [2.24, 2.45) is 9.98 Å². The van der Waals surface area contributed by atoms with E-state index in [1.165, 1.54) is 26.4 Å². The summed E-state index contributed by atoms with van der Waals surface area (Å²) in [7, 11) is -2.03. The Morgan fingerprint density at radius 1 is 0.562 bits per heavy atom. The van der Waals surface area contributed by atoms with Gasteiger partial charge in [0.05, 0.1) is 30.6 Å². The molecule has 10 nitrogen and oxygen atoms in total. The zero-order chi connectivity index (χ0) is 52.6. The van der Waals surface area contributed by atoms with E-state index in [-0.39, 0.29) is 12.9 Å². The molecule has 0 unspecified atom stereocenters. The van der Waals surface area contributed by atoms with Crippen molar-refractivity contribution >= 4 is 79.5 Å². The number of hydrogen-bond acceptors (Lipinski definition) is 12. The van der Waals surface area contributed by atoms with Gasteiger partial charge in [0.2, 0.25) is 10.3 Å². The highest BCUT2D eigenvalue weighted by Crippen LogP contribution is 2.43. The largest absolute Gasteiger partial charge is 0.488 e. The predicted octanol–water partition coefficient (Wildman–Crippen LogP) is 13.1. The van der Waals surface area contributed by atoms with Crippen molar-refractivity contribution < 1.29 is 45.2 Å². The van der Waals surface area contributed by atoms with Gasteiger partial charge < -0.3 is 18.9 Å². The van der Waals surface area contributed by atoms with Crippen molar-refractivity contribution in [3.05, 3.63) is 214 Å². The lowest BCUT2D eigenvalue weighted by molar-refractivity contribution is -0.185. The van der Waals surface area contributed by atoms with Crippen LogP contribution in [0.25, 0.3) is 10.4 Å². The topological polar surface area (TPSA) is 151 Å². The summed E-state index contributed by atoms with van der Waals surface area (Å²) in [5, 5.41) is 18.9. The van der Waals surface area contributed by atoms with Crippen LogP contribution in [0.4, 0.5) is 36.6 Å². The van der Waals surface area contributed by atoms with Gasteiger partial charge in [-0.1, -0.05) is 151 Å². The molecule has 0 saturated carbocycles. The number of nitrogens with zero attached hydrogens (tertiary/aromatic N) is 4. The second-order valence-corrected chi connectivity index (χ2v) is 20.6. The Bertz CT molecular complexity index is 3190. The summed E-state index contributed by atoms with van der Waals surface area (Å²) in [5.74, 6) is -1.12. The van der Waals surface area contributed by atoms with E-state index < -0.39 is 53.1 Å². The first-order valence-electron chi connectivity index (χ1n) is 21.7. The second-order valence-electron chi connectivity index (χ2n) is 16.9. The highest BCUT2D eigenvalue weighted by molar-refractivity contribution is 14.1. The van der Waals surface area contributed by atoms with Crippen LogP contribution in [0, 0.1) is 16.7 Å². The van der Waals surface area contributed by atoms with E-state index in [1.807, 2.05) is 104 Å². The first kappa shape index (κ1) is 57.6. The number of alkyl halides is 6. The molecular weight excluding hydrogens is 1100 g/mol. The molecule has 2 N–H and O–H groups in total. The van der Waals surface area contributed by atoms with E-state index in [9.17, 15) is 35.9 Å². The SMILES string of the molecule is C.CC(C)(c1cc(B(O)O)cc(=O)o1)C(F)(F)F.Cc1nc(N=C(c2ccccc2)c2ccccc2)sc1-c1cc(C(C)(C)C(F)(F)F)oc(=O)c1.Cc1nc(N=C(c2ccccc2)c2ccccc2)sc1I. The Morgan fingerprint density at radius 3 is 1.27 bits per heavy atom. The Balaban J connectivity index is 0.000000217. The maximum Gasteiger partial charge on any atom is 0.488 e. The van der Waals surface area contributed by atoms with Gasteiger partial charge in [0.25, 0.3) is 0 Å². The molecule has 8 aromatic rings. The average molecular weight is 1150 g/mol. The third-order valence-corrected chi connectivity index (χ3v) is 14.3. The molecule has 0 amide bonds. The van der Waals surface area contributed by atoms with Gasteiger partial charge >= 0.3 is 30.7 Å². The van der Waals surface area contributed by atoms with Gasteiger partial charge in [-0.05, 0) is 81.7 Å². The highest BCUT2D eigenvalue weighted by atomic mass is 127. The zero-order valence-electron chi connectivity index (χ0n) is 39.2. The lowest BCUT2D eigenvalue weighted by Crippen LogP contribution is -2.40. The summed E-state index contributed by atoms with van der Waals surface area (Å²) < 4.78 is 89.3. The number of hydrogen-bond donors (Lipinski definition) is 2. The third kappa shape index (κ3) is 14.5. The van der Waals surface area contributed by atoms with Crippen molar-refractivity contribution in [2.75, 3.05) is 0 Å². The number of thiazole rings is 2. The molecule has 4 aromatic carbocycles. The summed E-state index contributed by atoms with van der Waals surface area (Å²) in [6, 6.07) is 43.7. The summed E-state index contributed by atoms with van der Waals surface area (Å²) >= 11 is 5.13. The van der Waals surface area contributed by atoms with Crippen LogP contribution in [-0.2, 0) is 10.8 Å². The quantitative estimate of drug-likeness (QED) is 0.0594. The van der Waals surface area contributed by atoms with Crippen LogP contribution in [0.15, 0.2) is 174 Å². The van der Waals surface area contributed by atoms with Crippen LogP contribution >= 0.6 is 45.3 Å². The summed E-state index contributed by atoms with van der Waals surface area (Å²) in [5.41, 5.74) is 0.634. The van der Waals surface area contributed by atoms with E-state index in [1.54, 1.807) is 18.3 Å².